The van der Waals surface area contributed by atoms with Crippen LogP contribution in [0.1, 0.15) is 75.6 Å². The van der Waals surface area contributed by atoms with Crippen LogP contribution in [0.25, 0.3) is 22.4 Å². The molecular formula is C40H46N3+. The average molecular weight is 569 g/mol. The molecule has 3 heterocycles. The van der Waals surface area contributed by atoms with Gasteiger partial charge in [-0.05, 0) is 86.9 Å². The highest BCUT2D eigenvalue weighted by atomic mass is 15.3. The van der Waals surface area contributed by atoms with E-state index < -0.39 is 0 Å². The second-order valence-electron chi connectivity index (χ2n) is 14.0. The summed E-state index contributed by atoms with van der Waals surface area (Å²) in [4.78, 5) is 5.74. The molecule has 2 aliphatic heterocycles. The number of rotatable bonds is 1. The molecule has 3 nitrogen and oxygen atoms in total. The summed E-state index contributed by atoms with van der Waals surface area (Å²) in [5, 5.41) is 0. The van der Waals surface area contributed by atoms with Crippen molar-refractivity contribution in [2.75, 3.05) is 22.9 Å². The summed E-state index contributed by atoms with van der Waals surface area (Å²) in [7, 11) is 2.33. The Labute approximate surface area is 258 Å². The van der Waals surface area contributed by atoms with Gasteiger partial charge in [0, 0.05) is 54.0 Å². The lowest BCUT2D eigenvalue weighted by molar-refractivity contribution is -0.672. The molecule has 0 N–H and O–H groups in total. The van der Waals surface area contributed by atoms with Crippen molar-refractivity contribution < 1.29 is 4.57 Å². The van der Waals surface area contributed by atoms with Crippen molar-refractivity contribution in [3.8, 4) is 22.4 Å². The van der Waals surface area contributed by atoms with Gasteiger partial charge < -0.3 is 9.80 Å². The first kappa shape index (κ1) is 27.0. The van der Waals surface area contributed by atoms with Crippen LogP contribution in [0.3, 0.4) is 0 Å². The predicted molar refractivity (Wildman–Crippen MR) is 179 cm³/mol. The molecule has 4 unspecified atom stereocenters. The third-order valence-electron chi connectivity index (χ3n) is 12.3. The maximum absolute atomic E-state index is 2.88. The van der Waals surface area contributed by atoms with Gasteiger partial charge in [0.15, 0.2) is 5.69 Å². The molecule has 6 bridgehead atoms. The summed E-state index contributed by atoms with van der Waals surface area (Å²) in [6.07, 6.45) is 8.65. The van der Waals surface area contributed by atoms with E-state index in [9.17, 15) is 0 Å². The highest BCUT2D eigenvalue weighted by Crippen LogP contribution is 2.53. The largest absolute Gasteiger partial charge is 0.365 e. The lowest BCUT2D eigenvalue weighted by atomic mass is 9.70. The van der Waals surface area contributed by atoms with Crippen molar-refractivity contribution in [2.45, 2.75) is 88.6 Å². The summed E-state index contributed by atoms with van der Waals surface area (Å²) >= 11 is 0. The number of aromatic nitrogens is 1. The molecular weight excluding hydrogens is 522 g/mol. The lowest BCUT2D eigenvalue weighted by Crippen LogP contribution is -2.54. The van der Waals surface area contributed by atoms with Gasteiger partial charge in [-0.25, -0.2) is 0 Å². The molecule has 1 aromatic heterocycles. The van der Waals surface area contributed by atoms with E-state index in [0.717, 1.165) is 19.5 Å². The topological polar surface area (TPSA) is 10.4 Å². The van der Waals surface area contributed by atoms with Crippen LogP contribution in [0.5, 0.6) is 0 Å². The maximum Gasteiger partial charge on any atom is 0.214 e. The van der Waals surface area contributed by atoms with E-state index in [4.69, 9.17) is 0 Å². The van der Waals surface area contributed by atoms with Crippen LogP contribution < -0.4 is 14.4 Å². The number of pyridine rings is 1. The molecule has 43 heavy (non-hydrogen) atoms. The number of para-hydroxylation sites is 2. The van der Waals surface area contributed by atoms with Crippen LogP contribution in [0.4, 0.5) is 11.4 Å². The number of benzene rings is 3. The van der Waals surface area contributed by atoms with Crippen molar-refractivity contribution in [3.63, 3.8) is 0 Å². The number of fused-ring (bicyclic) bond motifs is 19. The molecule has 0 amide bonds. The van der Waals surface area contributed by atoms with E-state index in [2.05, 4.69) is 127 Å². The Morgan fingerprint density at radius 1 is 0.721 bits per heavy atom. The zero-order chi connectivity index (χ0) is 29.3. The predicted octanol–water partition coefficient (Wildman–Crippen LogP) is 8.50. The number of anilines is 2. The second-order valence-corrected chi connectivity index (χ2v) is 14.0. The average Bonchev–Trinajstić information content (AvgIpc) is 3.64. The molecule has 2 fully saturated rings. The SMILES string of the molecule is CCC12CCCC1N1CCN(c3ccccc3-c3cccc2c3C)C2CCCC2(C)c2cccc([n+]2C)-c2ccccc21. The monoisotopic (exact) mass is 568 g/mol. The Morgan fingerprint density at radius 2 is 1.35 bits per heavy atom. The Kier molecular flexibility index (Phi) is 6.26. The molecule has 8 rings (SSSR count). The van der Waals surface area contributed by atoms with Gasteiger partial charge in [-0.2, -0.15) is 4.57 Å². The van der Waals surface area contributed by atoms with Crippen molar-refractivity contribution in [1.82, 2.24) is 0 Å². The first-order valence-electron chi connectivity index (χ1n) is 16.8. The fourth-order valence-electron chi connectivity index (χ4n) is 10.3. The lowest BCUT2D eigenvalue weighted by Gasteiger charge is -2.45. The molecule has 4 atom stereocenters. The van der Waals surface area contributed by atoms with Crippen LogP contribution >= 0.6 is 0 Å². The van der Waals surface area contributed by atoms with Gasteiger partial charge in [0.05, 0.1) is 16.7 Å². The van der Waals surface area contributed by atoms with Gasteiger partial charge in [0.2, 0.25) is 5.69 Å². The number of nitrogens with zero attached hydrogens (tertiary/aromatic N) is 3. The smallest absolute Gasteiger partial charge is 0.214 e. The first-order chi connectivity index (χ1) is 21.0. The van der Waals surface area contributed by atoms with Crippen LogP contribution in [-0.2, 0) is 17.9 Å². The molecule has 3 aromatic carbocycles. The molecule has 2 aliphatic carbocycles. The summed E-state index contributed by atoms with van der Waals surface area (Å²) in [5.74, 6) is 0. The second kappa shape index (κ2) is 9.97. The Bertz CT molecular complexity index is 1710. The maximum atomic E-state index is 2.88. The minimum atomic E-state index is 0.0552. The number of hydrogen-bond acceptors (Lipinski definition) is 2. The Balaban J connectivity index is 1.49. The third-order valence-corrected chi connectivity index (χ3v) is 12.3. The normalized spacial score (nSPS) is 27.4. The van der Waals surface area contributed by atoms with E-state index in [0.29, 0.717) is 12.1 Å². The van der Waals surface area contributed by atoms with Crippen molar-refractivity contribution in [2.24, 2.45) is 7.05 Å². The summed E-state index contributed by atoms with van der Waals surface area (Å²) in [6.45, 7) is 9.48. The molecule has 2 saturated carbocycles. The zero-order valence-corrected chi connectivity index (χ0v) is 26.4. The highest BCUT2D eigenvalue weighted by Gasteiger charge is 2.51. The van der Waals surface area contributed by atoms with E-state index in [1.165, 1.54) is 83.5 Å². The van der Waals surface area contributed by atoms with Crippen molar-refractivity contribution in [3.05, 3.63) is 102 Å². The van der Waals surface area contributed by atoms with Gasteiger partial charge in [-0.1, -0.05) is 68.3 Å². The van der Waals surface area contributed by atoms with Crippen molar-refractivity contribution >= 4 is 11.4 Å². The standard InChI is InChI=1S/C40H46N3/c1-5-40-25-13-23-38(40)43-27-26-42(34-18-8-6-14-30(34)29-16-10-17-32(40)28(29)2)37-22-12-24-39(37,3)36-21-11-20-33(41(36)4)31-15-7-9-19-35(31)43/h6-11,14-21,37-38H,5,12-13,22-27H2,1-4H3/q+1. The van der Waals surface area contributed by atoms with Crippen LogP contribution in [0.2, 0.25) is 0 Å². The molecule has 4 aliphatic rings. The van der Waals surface area contributed by atoms with Crippen molar-refractivity contribution in [1.29, 1.82) is 0 Å². The van der Waals surface area contributed by atoms with E-state index >= 15 is 0 Å². The molecule has 220 valence electrons. The van der Waals surface area contributed by atoms with Gasteiger partial charge in [0.25, 0.3) is 0 Å². The fraction of sp³-hybridized carbons (Fsp3) is 0.425. The fourth-order valence-corrected chi connectivity index (χ4v) is 10.3. The Morgan fingerprint density at radius 3 is 2.14 bits per heavy atom. The van der Waals surface area contributed by atoms with Gasteiger partial charge in [-0.3, -0.25) is 0 Å². The zero-order valence-electron chi connectivity index (χ0n) is 26.4. The molecule has 4 aromatic rings. The first-order valence-corrected chi connectivity index (χ1v) is 16.8. The number of hydrogen-bond donors (Lipinski definition) is 0. The molecule has 3 heteroatoms. The van der Waals surface area contributed by atoms with Crippen LogP contribution in [0.15, 0.2) is 84.9 Å². The van der Waals surface area contributed by atoms with Gasteiger partial charge >= 0.3 is 0 Å². The third kappa shape index (κ3) is 3.76. The summed E-state index contributed by atoms with van der Waals surface area (Å²) in [5.41, 5.74) is 13.0. The molecule has 0 saturated heterocycles. The molecule has 0 radical (unpaired) electrons. The summed E-state index contributed by atoms with van der Waals surface area (Å²) < 4.78 is 2.55. The van der Waals surface area contributed by atoms with E-state index in [1.807, 2.05) is 0 Å². The minimum absolute atomic E-state index is 0.0552. The Hall–Kier alpha value is -3.59. The highest BCUT2D eigenvalue weighted by molar-refractivity contribution is 5.83. The van der Waals surface area contributed by atoms with E-state index in [1.54, 1.807) is 5.56 Å². The minimum Gasteiger partial charge on any atom is -0.365 e. The molecule has 0 spiro atoms. The summed E-state index contributed by atoms with van der Waals surface area (Å²) in [6, 6.07) is 33.9. The van der Waals surface area contributed by atoms with E-state index in [-0.39, 0.29) is 10.8 Å². The quantitative estimate of drug-likeness (QED) is 0.213. The van der Waals surface area contributed by atoms with Gasteiger partial charge in [-0.15, -0.1) is 0 Å². The van der Waals surface area contributed by atoms with Crippen LogP contribution in [-0.4, -0.2) is 25.2 Å². The van der Waals surface area contributed by atoms with Gasteiger partial charge in [0.1, 0.15) is 7.05 Å². The van der Waals surface area contributed by atoms with Crippen LogP contribution in [0, 0.1) is 6.92 Å².